The Morgan fingerprint density at radius 2 is 2.15 bits per heavy atom. The third-order valence-corrected chi connectivity index (χ3v) is 5.89. The molecule has 0 aromatic carbocycles. The third kappa shape index (κ3) is 3.26. The second kappa shape index (κ2) is 6.85. The van der Waals surface area contributed by atoms with E-state index in [-0.39, 0.29) is 37.0 Å². The molecule has 8 heteroatoms. The zero-order valence-electron chi connectivity index (χ0n) is 14.9. The first-order chi connectivity index (χ1) is 12.5. The van der Waals surface area contributed by atoms with Crippen LogP contribution in [0.5, 0.6) is 0 Å². The number of piperidine rings is 1. The second-order valence-corrected chi connectivity index (χ2v) is 7.74. The Kier molecular flexibility index (Phi) is 4.54. The largest absolute Gasteiger partial charge is 0.366 e. The highest BCUT2D eigenvalue weighted by atomic mass is 32.1. The van der Waals surface area contributed by atoms with Crippen molar-refractivity contribution in [3.05, 3.63) is 34.6 Å². The molecular weight excluding hydrogens is 352 g/mol. The van der Waals surface area contributed by atoms with Gasteiger partial charge in [0.15, 0.2) is 5.13 Å². The lowest BCUT2D eigenvalue weighted by atomic mass is 10.00. The summed E-state index contributed by atoms with van der Waals surface area (Å²) in [4.78, 5) is 30.6. The van der Waals surface area contributed by atoms with E-state index < -0.39 is 0 Å². The highest BCUT2D eigenvalue weighted by Gasteiger charge is 2.36. The molecule has 138 valence electrons. The Morgan fingerprint density at radius 1 is 1.38 bits per heavy atom. The number of ether oxygens (including phenoxy) is 1. The lowest BCUT2D eigenvalue weighted by Gasteiger charge is -2.41. The Balaban J connectivity index is 1.42. The average Bonchev–Trinajstić information content (AvgIpc) is 3.20. The minimum absolute atomic E-state index is 0.0160. The number of nitrogens with one attached hydrogen (secondary N) is 1. The van der Waals surface area contributed by atoms with Crippen LogP contribution in [0.15, 0.2) is 17.5 Å². The van der Waals surface area contributed by atoms with Crippen LogP contribution in [0, 0.1) is 13.8 Å². The van der Waals surface area contributed by atoms with Crippen LogP contribution in [0.25, 0.3) is 5.13 Å². The van der Waals surface area contributed by atoms with Crippen LogP contribution in [0.3, 0.4) is 0 Å². The summed E-state index contributed by atoms with van der Waals surface area (Å²) in [5.41, 5.74) is 3.04. The molecule has 1 N–H and O–H groups in total. The number of carbonyl (C=O) groups is 2. The number of amides is 2. The number of hydrogen-bond acceptors (Lipinski definition) is 5. The van der Waals surface area contributed by atoms with Gasteiger partial charge in [-0.15, -0.1) is 11.3 Å². The number of carbonyl (C=O) groups excluding carboxylic acids is 2. The molecule has 2 fully saturated rings. The summed E-state index contributed by atoms with van der Waals surface area (Å²) in [5.74, 6) is -0.0665. The molecule has 26 heavy (non-hydrogen) atoms. The Labute approximate surface area is 156 Å². The van der Waals surface area contributed by atoms with Crippen molar-refractivity contribution < 1.29 is 14.3 Å². The quantitative estimate of drug-likeness (QED) is 0.876. The fourth-order valence-corrected chi connectivity index (χ4v) is 4.58. The van der Waals surface area contributed by atoms with E-state index in [1.54, 1.807) is 16.2 Å². The zero-order chi connectivity index (χ0) is 18.3. The molecule has 2 saturated heterocycles. The van der Waals surface area contributed by atoms with Crippen LogP contribution in [-0.2, 0) is 20.7 Å². The second-order valence-electron chi connectivity index (χ2n) is 6.90. The van der Waals surface area contributed by atoms with E-state index in [0.29, 0.717) is 13.1 Å². The first-order valence-electron chi connectivity index (χ1n) is 8.80. The number of hydrogen-bond donors (Lipinski definition) is 1. The summed E-state index contributed by atoms with van der Waals surface area (Å²) in [6.07, 6.45) is 1.05. The molecule has 2 atom stereocenters. The molecule has 2 aliphatic rings. The molecule has 7 nitrogen and oxygen atoms in total. The summed E-state index contributed by atoms with van der Waals surface area (Å²) in [7, 11) is 0. The summed E-state index contributed by atoms with van der Waals surface area (Å²) in [6, 6.07) is 4.02. The molecule has 2 aliphatic heterocycles. The molecule has 2 aromatic rings. The molecule has 4 rings (SSSR count). The first kappa shape index (κ1) is 17.2. The van der Waals surface area contributed by atoms with Crippen molar-refractivity contribution >= 4 is 23.2 Å². The van der Waals surface area contributed by atoms with Gasteiger partial charge in [0.05, 0.1) is 24.3 Å². The normalized spacial score (nSPS) is 22.8. The molecule has 0 radical (unpaired) electrons. The van der Waals surface area contributed by atoms with Gasteiger partial charge < -0.3 is 15.0 Å². The zero-order valence-corrected chi connectivity index (χ0v) is 15.7. The standard InChI is InChI=1S/C18H22N4O3S/c1-11-3-4-12(2)22(11)18-19-13(10-26-18)7-17(24)21-6-5-15-14(8-21)20-16(23)9-25-15/h3-4,10,14-15H,5-9H2,1-2H3,(H,20,23)/t14-,15-/m1/s1. The molecule has 0 spiro atoms. The first-order valence-corrected chi connectivity index (χ1v) is 9.67. The van der Waals surface area contributed by atoms with Crippen molar-refractivity contribution in [3.8, 4) is 5.13 Å². The van der Waals surface area contributed by atoms with Gasteiger partial charge in [-0.05, 0) is 32.4 Å². The van der Waals surface area contributed by atoms with Crippen LogP contribution >= 0.6 is 11.3 Å². The number of morpholine rings is 1. The Morgan fingerprint density at radius 3 is 2.92 bits per heavy atom. The number of thiazole rings is 1. The fourth-order valence-electron chi connectivity index (χ4n) is 3.64. The number of aromatic nitrogens is 2. The van der Waals surface area contributed by atoms with E-state index in [2.05, 4.69) is 27.0 Å². The van der Waals surface area contributed by atoms with Crippen molar-refractivity contribution in [2.45, 2.75) is 38.8 Å². The molecule has 0 saturated carbocycles. The highest BCUT2D eigenvalue weighted by molar-refractivity contribution is 7.12. The molecule has 0 bridgehead atoms. The summed E-state index contributed by atoms with van der Waals surface area (Å²) >= 11 is 1.55. The van der Waals surface area contributed by atoms with Gasteiger partial charge in [-0.1, -0.05) is 0 Å². The Hall–Kier alpha value is -2.19. The minimum Gasteiger partial charge on any atom is -0.366 e. The lowest BCUT2D eigenvalue weighted by Crippen LogP contribution is -2.61. The SMILES string of the molecule is Cc1ccc(C)n1-c1nc(CC(=O)N2CC[C@H]3OCC(=O)N[C@@H]3C2)cs1. The lowest BCUT2D eigenvalue weighted by molar-refractivity contribution is -0.146. The summed E-state index contributed by atoms with van der Waals surface area (Å²) in [6.45, 7) is 5.37. The maximum Gasteiger partial charge on any atom is 0.246 e. The summed E-state index contributed by atoms with van der Waals surface area (Å²) < 4.78 is 7.64. The fraction of sp³-hybridized carbons (Fsp3) is 0.500. The minimum atomic E-state index is -0.109. The van der Waals surface area contributed by atoms with E-state index in [4.69, 9.17) is 4.74 Å². The van der Waals surface area contributed by atoms with Gasteiger partial charge in [-0.3, -0.25) is 14.2 Å². The molecule has 0 aliphatic carbocycles. The van der Waals surface area contributed by atoms with E-state index in [9.17, 15) is 9.59 Å². The van der Waals surface area contributed by atoms with Gasteiger partial charge in [0.2, 0.25) is 11.8 Å². The average molecular weight is 374 g/mol. The number of rotatable bonds is 3. The van der Waals surface area contributed by atoms with Crippen LogP contribution in [-0.4, -0.2) is 58.1 Å². The van der Waals surface area contributed by atoms with Crippen molar-refractivity contribution in [2.75, 3.05) is 19.7 Å². The van der Waals surface area contributed by atoms with Crippen LogP contribution in [0.2, 0.25) is 0 Å². The van der Waals surface area contributed by atoms with Crippen molar-refractivity contribution in [1.82, 2.24) is 19.8 Å². The van der Waals surface area contributed by atoms with Crippen LogP contribution in [0.1, 0.15) is 23.5 Å². The predicted molar refractivity (Wildman–Crippen MR) is 97.5 cm³/mol. The van der Waals surface area contributed by atoms with Gasteiger partial charge in [-0.25, -0.2) is 4.98 Å². The van der Waals surface area contributed by atoms with E-state index >= 15 is 0 Å². The van der Waals surface area contributed by atoms with Gasteiger partial charge in [0.25, 0.3) is 0 Å². The smallest absolute Gasteiger partial charge is 0.246 e. The predicted octanol–water partition coefficient (Wildman–Crippen LogP) is 1.21. The maximum absolute atomic E-state index is 12.7. The molecular formula is C18H22N4O3S. The van der Waals surface area contributed by atoms with Crippen LogP contribution in [0.4, 0.5) is 0 Å². The third-order valence-electron chi connectivity index (χ3n) is 5.01. The van der Waals surface area contributed by atoms with Gasteiger partial charge in [0, 0.05) is 29.9 Å². The monoisotopic (exact) mass is 374 g/mol. The van der Waals surface area contributed by atoms with Crippen molar-refractivity contribution in [3.63, 3.8) is 0 Å². The van der Waals surface area contributed by atoms with Gasteiger partial charge >= 0.3 is 0 Å². The van der Waals surface area contributed by atoms with E-state index in [1.165, 1.54) is 0 Å². The highest BCUT2D eigenvalue weighted by Crippen LogP contribution is 2.22. The number of nitrogens with zero attached hydrogens (tertiary/aromatic N) is 3. The molecule has 4 heterocycles. The number of fused-ring (bicyclic) bond motifs is 1. The molecule has 2 amide bonds. The topological polar surface area (TPSA) is 76.5 Å². The molecule has 2 aromatic heterocycles. The number of aryl methyl sites for hydroxylation is 2. The Bertz CT molecular complexity index is 824. The maximum atomic E-state index is 12.7. The van der Waals surface area contributed by atoms with Gasteiger partial charge in [0.1, 0.15) is 6.61 Å². The van der Waals surface area contributed by atoms with Gasteiger partial charge in [-0.2, -0.15) is 0 Å². The molecule has 0 unspecified atom stereocenters. The van der Waals surface area contributed by atoms with Crippen molar-refractivity contribution in [2.24, 2.45) is 0 Å². The van der Waals surface area contributed by atoms with Crippen molar-refractivity contribution in [1.29, 1.82) is 0 Å². The van der Waals surface area contributed by atoms with E-state index in [1.807, 2.05) is 19.2 Å². The van der Waals surface area contributed by atoms with E-state index in [0.717, 1.165) is 28.6 Å². The summed E-state index contributed by atoms with van der Waals surface area (Å²) in [5, 5.41) is 5.76. The van der Waals surface area contributed by atoms with Crippen LogP contribution < -0.4 is 5.32 Å². The number of likely N-dealkylation sites (tertiary alicyclic amines) is 1.